The summed E-state index contributed by atoms with van der Waals surface area (Å²) in [6.07, 6.45) is 0.963. The van der Waals surface area contributed by atoms with Gasteiger partial charge in [0.2, 0.25) is 15.9 Å². The topological polar surface area (TPSA) is 110 Å². The second-order valence-corrected chi connectivity index (χ2v) is 10.5. The largest absolute Gasteiger partial charge is 0.353 e. The van der Waals surface area contributed by atoms with E-state index < -0.39 is 26.9 Å². The first-order valence-electron chi connectivity index (χ1n) is 7.98. The summed E-state index contributed by atoms with van der Waals surface area (Å²) >= 11 is 1.68. The van der Waals surface area contributed by atoms with Gasteiger partial charge in [-0.3, -0.25) is 19.2 Å². The third-order valence-corrected chi connectivity index (χ3v) is 5.84. The zero-order valence-electron chi connectivity index (χ0n) is 15.6. The van der Waals surface area contributed by atoms with Crippen molar-refractivity contribution in [1.82, 2.24) is 5.32 Å². The number of anilines is 1. The van der Waals surface area contributed by atoms with E-state index in [1.54, 1.807) is 11.8 Å². The maximum atomic E-state index is 12.4. The molecule has 0 aliphatic rings. The van der Waals surface area contributed by atoms with Crippen molar-refractivity contribution in [3.8, 4) is 0 Å². The number of thioether (sulfide) groups is 1. The summed E-state index contributed by atoms with van der Waals surface area (Å²) in [6.45, 7) is 8.05. The molecule has 1 amide bonds. The van der Waals surface area contributed by atoms with Crippen molar-refractivity contribution in [1.29, 1.82) is 0 Å². The molecule has 1 aromatic rings. The smallest absolute Gasteiger partial charge is 0.271 e. The van der Waals surface area contributed by atoms with Crippen LogP contribution < -0.4 is 9.62 Å². The molecule has 0 bridgehead atoms. The van der Waals surface area contributed by atoms with Gasteiger partial charge >= 0.3 is 0 Å². The molecule has 8 nitrogen and oxygen atoms in total. The number of hydrogen-bond donors (Lipinski definition) is 1. The summed E-state index contributed by atoms with van der Waals surface area (Å²) in [7, 11) is -3.81. The highest BCUT2D eigenvalue weighted by molar-refractivity contribution is 8.00. The molecule has 0 aliphatic heterocycles. The van der Waals surface area contributed by atoms with Crippen LogP contribution in [0.1, 0.15) is 27.7 Å². The zero-order chi connectivity index (χ0) is 20.1. The van der Waals surface area contributed by atoms with Crippen LogP contribution in [0.5, 0.6) is 0 Å². The van der Waals surface area contributed by atoms with Gasteiger partial charge in [0.1, 0.15) is 6.04 Å². The lowest BCUT2D eigenvalue weighted by Crippen LogP contribution is -2.48. The Kier molecular flexibility index (Phi) is 7.45. The normalized spacial score (nSPS) is 13.1. The van der Waals surface area contributed by atoms with Crippen molar-refractivity contribution < 1.29 is 18.1 Å². The summed E-state index contributed by atoms with van der Waals surface area (Å²) in [5.74, 6) is 0.230. The SMILES string of the molecule is CC(C(=O)NCCSC(C)(C)C)N(c1cccc([N+](=O)[O-])c1)S(C)(=O)=O. The van der Waals surface area contributed by atoms with Crippen molar-refractivity contribution in [2.24, 2.45) is 0 Å². The van der Waals surface area contributed by atoms with Crippen LogP contribution in [-0.2, 0) is 14.8 Å². The van der Waals surface area contributed by atoms with Crippen LogP contribution in [0.15, 0.2) is 24.3 Å². The minimum atomic E-state index is -3.81. The molecule has 26 heavy (non-hydrogen) atoms. The molecule has 0 saturated carbocycles. The number of sulfonamides is 1. The first kappa shape index (κ1) is 22.2. The van der Waals surface area contributed by atoms with E-state index in [1.165, 1.54) is 25.1 Å². The molecule has 1 atom stereocenters. The Morgan fingerprint density at radius 1 is 1.38 bits per heavy atom. The predicted molar refractivity (Wildman–Crippen MR) is 105 cm³/mol. The molecule has 10 heteroatoms. The highest BCUT2D eigenvalue weighted by atomic mass is 32.2. The van der Waals surface area contributed by atoms with E-state index in [0.29, 0.717) is 12.3 Å². The van der Waals surface area contributed by atoms with E-state index >= 15 is 0 Å². The van der Waals surface area contributed by atoms with Crippen molar-refractivity contribution in [2.75, 3.05) is 22.9 Å². The lowest BCUT2D eigenvalue weighted by atomic mass is 10.2. The molecule has 0 heterocycles. The van der Waals surface area contributed by atoms with Gasteiger partial charge < -0.3 is 5.32 Å². The molecule has 146 valence electrons. The molecule has 0 spiro atoms. The van der Waals surface area contributed by atoms with Crippen LogP contribution in [0.2, 0.25) is 0 Å². The third kappa shape index (κ3) is 6.83. The number of carbonyl (C=O) groups is 1. The predicted octanol–water partition coefficient (Wildman–Crippen LogP) is 2.40. The number of benzene rings is 1. The Balaban J connectivity index is 2.95. The molecule has 0 fully saturated rings. The average Bonchev–Trinajstić information content (AvgIpc) is 2.49. The number of amides is 1. The van der Waals surface area contributed by atoms with Gasteiger partial charge in [0.05, 0.1) is 16.9 Å². The van der Waals surface area contributed by atoms with Gasteiger partial charge in [-0.1, -0.05) is 26.8 Å². The van der Waals surface area contributed by atoms with Crippen molar-refractivity contribution in [2.45, 2.75) is 38.5 Å². The Bertz CT molecular complexity index is 759. The third-order valence-electron chi connectivity index (χ3n) is 3.32. The van der Waals surface area contributed by atoms with E-state index in [9.17, 15) is 23.3 Å². The monoisotopic (exact) mass is 403 g/mol. The summed E-state index contributed by atoms with van der Waals surface area (Å²) in [6, 6.07) is 4.18. The standard InChI is InChI=1S/C16H25N3O5S2/c1-12(15(20)17-9-10-25-16(2,3)4)18(26(5,23)24)13-7-6-8-14(11-13)19(21)22/h6-8,11-12H,9-10H2,1-5H3,(H,17,20). The Labute approximate surface area is 158 Å². The number of nitrogens with zero attached hydrogens (tertiary/aromatic N) is 2. The van der Waals surface area contributed by atoms with Crippen LogP contribution in [0.3, 0.4) is 0 Å². The minimum Gasteiger partial charge on any atom is -0.353 e. The molecule has 0 saturated heterocycles. The van der Waals surface area contributed by atoms with E-state index in [-0.39, 0.29) is 16.1 Å². The average molecular weight is 404 g/mol. The van der Waals surface area contributed by atoms with Gasteiger partial charge in [0, 0.05) is 29.2 Å². The summed E-state index contributed by atoms with van der Waals surface area (Å²) in [5.41, 5.74) is -0.168. The Morgan fingerprint density at radius 3 is 2.50 bits per heavy atom. The molecule has 1 unspecified atom stereocenters. The van der Waals surface area contributed by atoms with Crippen molar-refractivity contribution in [3.05, 3.63) is 34.4 Å². The summed E-state index contributed by atoms with van der Waals surface area (Å²) < 4.78 is 25.3. The highest BCUT2D eigenvalue weighted by Gasteiger charge is 2.29. The number of non-ortho nitro benzene ring substituents is 1. The summed E-state index contributed by atoms with van der Waals surface area (Å²) in [4.78, 5) is 22.7. The molecule has 1 rings (SSSR count). The van der Waals surface area contributed by atoms with E-state index in [1.807, 2.05) is 0 Å². The van der Waals surface area contributed by atoms with E-state index in [2.05, 4.69) is 26.1 Å². The quantitative estimate of drug-likeness (QED) is 0.405. The number of nitro groups is 1. The fourth-order valence-electron chi connectivity index (χ4n) is 2.23. The van der Waals surface area contributed by atoms with Gasteiger partial charge in [0.25, 0.3) is 5.69 Å². The van der Waals surface area contributed by atoms with Gasteiger partial charge in [-0.05, 0) is 13.0 Å². The molecule has 0 aromatic heterocycles. The lowest BCUT2D eigenvalue weighted by Gasteiger charge is -2.28. The van der Waals surface area contributed by atoms with Gasteiger partial charge in [0.15, 0.2) is 0 Å². The summed E-state index contributed by atoms with van der Waals surface area (Å²) in [5, 5.41) is 13.7. The molecule has 0 aliphatic carbocycles. The van der Waals surface area contributed by atoms with Gasteiger partial charge in [-0.2, -0.15) is 11.8 Å². The van der Waals surface area contributed by atoms with E-state index in [4.69, 9.17) is 0 Å². The first-order chi connectivity index (χ1) is 11.8. The molecular formula is C16H25N3O5S2. The number of nitro benzene ring substituents is 1. The van der Waals surface area contributed by atoms with Crippen molar-refractivity contribution in [3.63, 3.8) is 0 Å². The Hall–Kier alpha value is -1.81. The van der Waals surface area contributed by atoms with Crippen LogP contribution in [0, 0.1) is 10.1 Å². The van der Waals surface area contributed by atoms with Gasteiger partial charge in [-0.15, -0.1) is 0 Å². The van der Waals surface area contributed by atoms with E-state index in [0.717, 1.165) is 16.6 Å². The fourth-order valence-corrected chi connectivity index (χ4v) is 4.21. The Morgan fingerprint density at radius 2 is 2.00 bits per heavy atom. The highest BCUT2D eigenvalue weighted by Crippen LogP contribution is 2.25. The van der Waals surface area contributed by atoms with Crippen LogP contribution in [-0.4, -0.2) is 48.6 Å². The number of hydrogen-bond acceptors (Lipinski definition) is 6. The first-order valence-corrected chi connectivity index (χ1v) is 10.8. The minimum absolute atomic E-state index is 0.0676. The fraction of sp³-hybridized carbons (Fsp3) is 0.562. The molecular weight excluding hydrogens is 378 g/mol. The second kappa shape index (κ2) is 8.72. The molecule has 0 radical (unpaired) electrons. The second-order valence-electron chi connectivity index (χ2n) is 6.76. The van der Waals surface area contributed by atoms with Gasteiger partial charge in [-0.25, -0.2) is 8.42 Å². The van der Waals surface area contributed by atoms with Crippen LogP contribution in [0.25, 0.3) is 0 Å². The lowest BCUT2D eigenvalue weighted by molar-refractivity contribution is -0.384. The number of rotatable bonds is 8. The zero-order valence-corrected chi connectivity index (χ0v) is 17.2. The molecule has 1 aromatic carbocycles. The maximum absolute atomic E-state index is 12.4. The molecule has 1 N–H and O–H groups in total. The van der Waals surface area contributed by atoms with Crippen molar-refractivity contribution >= 4 is 39.1 Å². The van der Waals surface area contributed by atoms with Crippen LogP contribution >= 0.6 is 11.8 Å². The number of nitrogens with one attached hydrogen (secondary N) is 1. The van der Waals surface area contributed by atoms with Crippen LogP contribution in [0.4, 0.5) is 11.4 Å². The maximum Gasteiger partial charge on any atom is 0.271 e. The number of carbonyl (C=O) groups excluding carboxylic acids is 1.